The van der Waals surface area contributed by atoms with Crippen molar-refractivity contribution in [2.45, 2.75) is 59.2 Å². The summed E-state index contributed by atoms with van der Waals surface area (Å²) in [6, 6.07) is 3.75. The van der Waals surface area contributed by atoms with Crippen LogP contribution in [0.25, 0.3) is 22.2 Å². The number of pyridine rings is 1. The minimum atomic E-state index is -0.624. The maximum Gasteiger partial charge on any atom is 0.223 e. The van der Waals surface area contributed by atoms with Gasteiger partial charge in [0.15, 0.2) is 5.43 Å². The van der Waals surface area contributed by atoms with E-state index in [-0.39, 0.29) is 24.1 Å². The highest BCUT2D eigenvalue weighted by molar-refractivity contribution is 6.33. The van der Waals surface area contributed by atoms with Gasteiger partial charge in [-0.2, -0.15) is 0 Å². The van der Waals surface area contributed by atoms with Gasteiger partial charge in [0.2, 0.25) is 5.95 Å². The maximum absolute atomic E-state index is 13.0. The molecule has 1 fully saturated rings. The van der Waals surface area contributed by atoms with Gasteiger partial charge in [-0.1, -0.05) is 17.7 Å². The molecule has 0 bridgehead atoms. The zero-order valence-electron chi connectivity index (χ0n) is 19.1. The number of nitrogens with zero attached hydrogens (tertiary/aromatic N) is 3. The van der Waals surface area contributed by atoms with Crippen LogP contribution in [0.4, 0.5) is 5.95 Å². The van der Waals surface area contributed by atoms with Gasteiger partial charge < -0.3 is 19.7 Å². The van der Waals surface area contributed by atoms with Gasteiger partial charge in [0.1, 0.15) is 0 Å². The van der Waals surface area contributed by atoms with Crippen LogP contribution < -0.4 is 10.7 Å². The van der Waals surface area contributed by atoms with Crippen LogP contribution in [0.5, 0.6) is 0 Å². The summed E-state index contributed by atoms with van der Waals surface area (Å²) in [6.45, 7) is 10.9. The molecule has 2 atom stereocenters. The zero-order valence-corrected chi connectivity index (χ0v) is 19.8. The molecule has 0 saturated carbocycles. The summed E-state index contributed by atoms with van der Waals surface area (Å²) < 4.78 is 7.50. The molecule has 4 rings (SSSR count). The average Bonchev–Trinajstić information content (AvgIpc) is 2.76. The van der Waals surface area contributed by atoms with Crippen molar-refractivity contribution in [2.24, 2.45) is 0 Å². The molecule has 0 aliphatic carbocycles. The molecular formula is C24H29ClN4O3. The fourth-order valence-corrected chi connectivity index (χ4v) is 4.69. The lowest BCUT2D eigenvalue weighted by Crippen LogP contribution is -2.42. The van der Waals surface area contributed by atoms with Crippen molar-refractivity contribution in [3.05, 3.63) is 50.4 Å². The normalized spacial score (nSPS) is 19.0. The number of anilines is 1. The molecule has 2 N–H and O–H groups in total. The van der Waals surface area contributed by atoms with Crippen molar-refractivity contribution in [1.29, 1.82) is 0 Å². The highest BCUT2D eigenvalue weighted by Crippen LogP contribution is 2.34. The summed E-state index contributed by atoms with van der Waals surface area (Å²) in [5.74, 6) is 0.399. The van der Waals surface area contributed by atoms with E-state index in [9.17, 15) is 9.90 Å². The standard InChI is InChI=1S/C24H29ClN4O3/c1-12(2)29-15(5)13(3)23(31)17-7-6-16(14(4)22(17)29)21-18(25)10-26-24(28-21)27-19-8-9-32-11-20(19)30/h6-7,10,12,19-20,30H,8-9,11H2,1-5H3,(H,26,27,28)/t19-,20-/m1/s1. The van der Waals surface area contributed by atoms with E-state index in [0.717, 1.165) is 27.9 Å². The number of hydrogen-bond acceptors (Lipinski definition) is 6. The van der Waals surface area contributed by atoms with Crippen LogP contribution in [0.1, 0.15) is 43.1 Å². The van der Waals surface area contributed by atoms with Crippen LogP contribution >= 0.6 is 11.6 Å². The van der Waals surface area contributed by atoms with Crippen molar-refractivity contribution < 1.29 is 9.84 Å². The van der Waals surface area contributed by atoms with Crippen LogP contribution in [0.3, 0.4) is 0 Å². The first-order valence-electron chi connectivity index (χ1n) is 10.9. The predicted molar refractivity (Wildman–Crippen MR) is 128 cm³/mol. The Hall–Kier alpha value is -2.48. The molecule has 0 spiro atoms. The second-order valence-electron chi connectivity index (χ2n) is 8.71. The van der Waals surface area contributed by atoms with Gasteiger partial charge in [-0.15, -0.1) is 0 Å². The summed E-state index contributed by atoms with van der Waals surface area (Å²) >= 11 is 6.52. The fourth-order valence-electron chi connectivity index (χ4n) is 4.49. The molecule has 1 saturated heterocycles. The molecule has 7 nitrogen and oxygen atoms in total. The van der Waals surface area contributed by atoms with E-state index in [1.807, 2.05) is 32.9 Å². The monoisotopic (exact) mass is 456 g/mol. The second kappa shape index (κ2) is 8.81. The molecule has 0 unspecified atom stereocenters. The van der Waals surface area contributed by atoms with Gasteiger partial charge in [0, 0.05) is 34.9 Å². The summed E-state index contributed by atoms with van der Waals surface area (Å²) in [5, 5.41) is 14.5. The molecule has 32 heavy (non-hydrogen) atoms. The molecule has 2 aromatic heterocycles. The highest BCUT2D eigenvalue weighted by Gasteiger charge is 2.25. The number of rotatable bonds is 4. The fraction of sp³-hybridized carbons (Fsp3) is 0.458. The summed E-state index contributed by atoms with van der Waals surface area (Å²) in [7, 11) is 0. The predicted octanol–water partition coefficient (Wildman–Crippen LogP) is 4.18. The number of hydrogen-bond donors (Lipinski definition) is 2. The number of ether oxygens (including phenoxy) is 1. The molecule has 170 valence electrons. The topological polar surface area (TPSA) is 89.3 Å². The van der Waals surface area contributed by atoms with Crippen molar-refractivity contribution in [1.82, 2.24) is 14.5 Å². The Morgan fingerprint density at radius 1 is 1.25 bits per heavy atom. The average molecular weight is 457 g/mol. The number of halogens is 1. The smallest absolute Gasteiger partial charge is 0.223 e. The quantitative estimate of drug-likeness (QED) is 0.612. The number of nitrogens with one attached hydrogen (secondary N) is 1. The van der Waals surface area contributed by atoms with E-state index in [1.54, 1.807) is 6.20 Å². The van der Waals surface area contributed by atoms with Gasteiger partial charge in [-0.3, -0.25) is 4.79 Å². The molecule has 0 amide bonds. The van der Waals surface area contributed by atoms with E-state index in [4.69, 9.17) is 16.3 Å². The van der Waals surface area contributed by atoms with E-state index in [2.05, 4.69) is 33.7 Å². The molecule has 1 aromatic carbocycles. The van der Waals surface area contributed by atoms with E-state index in [1.165, 1.54) is 0 Å². The van der Waals surface area contributed by atoms with Gasteiger partial charge >= 0.3 is 0 Å². The molecule has 8 heteroatoms. The Kier molecular flexibility index (Phi) is 6.25. The molecule has 3 heterocycles. The van der Waals surface area contributed by atoms with Crippen LogP contribution in [0.2, 0.25) is 5.02 Å². The Balaban J connectivity index is 1.87. The molecule has 3 aromatic rings. The third kappa shape index (κ3) is 3.89. The van der Waals surface area contributed by atoms with Gasteiger partial charge in [-0.25, -0.2) is 9.97 Å². The first-order valence-corrected chi connectivity index (χ1v) is 11.3. The summed E-state index contributed by atoms with van der Waals surface area (Å²) in [6.07, 6.45) is 1.61. The minimum absolute atomic E-state index is 0.0497. The number of aryl methyl sites for hydroxylation is 1. The van der Waals surface area contributed by atoms with Crippen molar-refractivity contribution in [3.8, 4) is 11.3 Å². The molecule has 1 aliphatic heterocycles. The molecule has 1 aliphatic rings. The van der Waals surface area contributed by atoms with Gasteiger partial charge in [0.05, 0.1) is 41.2 Å². The molecule has 0 radical (unpaired) electrons. The Labute approximate surface area is 192 Å². The number of aromatic nitrogens is 3. The number of fused-ring (bicyclic) bond motifs is 1. The number of aliphatic hydroxyl groups excluding tert-OH is 1. The van der Waals surface area contributed by atoms with Crippen LogP contribution in [0.15, 0.2) is 23.1 Å². The summed E-state index contributed by atoms with van der Waals surface area (Å²) in [5.41, 5.74) is 5.04. The van der Waals surface area contributed by atoms with Crippen LogP contribution in [-0.2, 0) is 4.74 Å². The SMILES string of the molecule is Cc1c(C)n(C(C)C)c2c(C)c(-c3nc(N[C@@H]4CCOC[C@H]4O)ncc3Cl)ccc2c1=O. The summed E-state index contributed by atoms with van der Waals surface area (Å²) in [4.78, 5) is 22.0. The Morgan fingerprint density at radius 3 is 2.69 bits per heavy atom. The largest absolute Gasteiger partial charge is 0.389 e. The number of aliphatic hydroxyl groups is 1. The Morgan fingerprint density at radius 2 is 2.00 bits per heavy atom. The highest BCUT2D eigenvalue weighted by atomic mass is 35.5. The van der Waals surface area contributed by atoms with Gasteiger partial charge in [-0.05, 0) is 52.7 Å². The molecular weight excluding hydrogens is 428 g/mol. The first kappa shape index (κ1) is 22.7. The van der Waals surface area contributed by atoms with Gasteiger partial charge in [0.25, 0.3) is 0 Å². The van der Waals surface area contributed by atoms with Crippen molar-refractivity contribution >= 4 is 28.5 Å². The second-order valence-corrected chi connectivity index (χ2v) is 9.12. The van der Waals surface area contributed by atoms with Crippen molar-refractivity contribution in [3.63, 3.8) is 0 Å². The van der Waals surface area contributed by atoms with Crippen molar-refractivity contribution in [2.75, 3.05) is 18.5 Å². The first-order chi connectivity index (χ1) is 15.2. The minimum Gasteiger partial charge on any atom is -0.389 e. The lowest BCUT2D eigenvalue weighted by molar-refractivity contribution is -0.0136. The number of benzene rings is 1. The van der Waals surface area contributed by atoms with E-state index < -0.39 is 6.10 Å². The third-order valence-corrected chi connectivity index (χ3v) is 6.59. The van der Waals surface area contributed by atoms with Crippen LogP contribution in [-0.4, -0.2) is 45.0 Å². The lowest BCUT2D eigenvalue weighted by atomic mass is 9.98. The maximum atomic E-state index is 13.0. The Bertz CT molecular complexity index is 1240. The lowest BCUT2D eigenvalue weighted by Gasteiger charge is -2.28. The third-order valence-electron chi connectivity index (χ3n) is 6.32. The van der Waals surface area contributed by atoms with E-state index >= 15 is 0 Å². The van der Waals surface area contributed by atoms with Crippen LogP contribution in [0, 0.1) is 20.8 Å². The zero-order chi connectivity index (χ0) is 23.2. The van der Waals surface area contributed by atoms with E-state index in [0.29, 0.717) is 35.1 Å².